The highest BCUT2D eigenvalue weighted by Gasteiger charge is 2.20. The first-order valence-corrected chi connectivity index (χ1v) is 6.83. The molecule has 0 aliphatic rings. The van der Waals surface area contributed by atoms with E-state index in [1.165, 1.54) is 0 Å². The van der Waals surface area contributed by atoms with Gasteiger partial charge in [-0.1, -0.05) is 31.1 Å². The van der Waals surface area contributed by atoms with E-state index in [0.717, 1.165) is 10.5 Å². The number of carboxylic acids is 1. The van der Waals surface area contributed by atoms with Crippen LogP contribution in [-0.2, 0) is 0 Å². The zero-order valence-electron chi connectivity index (χ0n) is 11.0. The first-order chi connectivity index (χ1) is 8.99. The van der Waals surface area contributed by atoms with Gasteiger partial charge in [-0.3, -0.25) is 0 Å². The highest BCUT2D eigenvalue weighted by molar-refractivity contribution is 7.99. The van der Waals surface area contributed by atoms with Gasteiger partial charge in [0.1, 0.15) is 5.76 Å². The molecule has 0 aliphatic heterocycles. The molecule has 1 aromatic heterocycles. The van der Waals surface area contributed by atoms with Crippen LogP contribution in [0.2, 0.25) is 0 Å². The van der Waals surface area contributed by atoms with Crippen LogP contribution < -0.4 is 0 Å². The molecule has 19 heavy (non-hydrogen) atoms. The molecule has 0 bridgehead atoms. The van der Waals surface area contributed by atoms with Crippen molar-refractivity contribution in [2.24, 2.45) is 0 Å². The fraction of sp³-hybridized carbons (Fsp3) is 0.286. The summed E-state index contributed by atoms with van der Waals surface area (Å²) in [4.78, 5) is 12.3. The molecular weight excluding hydrogens is 262 g/mol. The standard InChI is InChI=1S/C14H15NO3S/c1-8(2)19-11-6-4-10(5-7-11)12-9(3)18-15-13(12)14(16)17/h4-8H,1-3H3,(H,16,17). The monoisotopic (exact) mass is 277 g/mol. The van der Waals surface area contributed by atoms with Crippen molar-refractivity contribution < 1.29 is 14.4 Å². The SMILES string of the molecule is Cc1onc(C(=O)O)c1-c1ccc(SC(C)C)cc1. The zero-order valence-corrected chi connectivity index (χ0v) is 11.8. The lowest BCUT2D eigenvalue weighted by molar-refractivity contribution is 0.0686. The Morgan fingerprint density at radius 1 is 1.32 bits per heavy atom. The molecule has 0 fully saturated rings. The van der Waals surface area contributed by atoms with Crippen molar-refractivity contribution in [2.45, 2.75) is 30.9 Å². The van der Waals surface area contributed by atoms with Crippen LogP contribution in [0.3, 0.4) is 0 Å². The second-order valence-corrected chi connectivity index (χ2v) is 6.11. The molecule has 1 aromatic carbocycles. The average molecular weight is 277 g/mol. The van der Waals surface area contributed by atoms with E-state index in [0.29, 0.717) is 16.6 Å². The summed E-state index contributed by atoms with van der Waals surface area (Å²) in [6, 6.07) is 7.77. The highest BCUT2D eigenvalue weighted by atomic mass is 32.2. The summed E-state index contributed by atoms with van der Waals surface area (Å²) in [6.45, 7) is 5.97. The van der Waals surface area contributed by atoms with Crippen molar-refractivity contribution in [3.63, 3.8) is 0 Å². The van der Waals surface area contributed by atoms with Crippen molar-refractivity contribution in [2.75, 3.05) is 0 Å². The number of hydrogen-bond acceptors (Lipinski definition) is 4. The maximum absolute atomic E-state index is 11.1. The van der Waals surface area contributed by atoms with Crippen molar-refractivity contribution >= 4 is 17.7 Å². The van der Waals surface area contributed by atoms with Crippen molar-refractivity contribution in [1.29, 1.82) is 0 Å². The first-order valence-electron chi connectivity index (χ1n) is 5.95. The Morgan fingerprint density at radius 2 is 1.95 bits per heavy atom. The third kappa shape index (κ3) is 2.98. The quantitative estimate of drug-likeness (QED) is 0.860. The molecule has 0 spiro atoms. The number of benzene rings is 1. The third-order valence-electron chi connectivity index (χ3n) is 2.58. The van der Waals surface area contributed by atoms with Crippen LogP contribution in [0, 0.1) is 6.92 Å². The van der Waals surface area contributed by atoms with Gasteiger partial charge in [-0.2, -0.15) is 0 Å². The van der Waals surface area contributed by atoms with Gasteiger partial charge in [0.15, 0.2) is 5.69 Å². The number of aromatic carboxylic acids is 1. The molecule has 1 heterocycles. The summed E-state index contributed by atoms with van der Waals surface area (Å²) < 4.78 is 4.97. The van der Waals surface area contributed by atoms with Crippen LogP contribution in [0.1, 0.15) is 30.1 Å². The lowest BCUT2D eigenvalue weighted by Gasteiger charge is -2.06. The van der Waals surface area contributed by atoms with Crippen molar-refractivity contribution in [1.82, 2.24) is 5.16 Å². The van der Waals surface area contributed by atoms with Gasteiger partial charge >= 0.3 is 5.97 Å². The van der Waals surface area contributed by atoms with Gasteiger partial charge in [0.2, 0.25) is 0 Å². The van der Waals surface area contributed by atoms with E-state index in [1.54, 1.807) is 18.7 Å². The molecular formula is C14H15NO3S. The molecule has 2 rings (SSSR count). The van der Waals surface area contributed by atoms with Gasteiger partial charge in [-0.25, -0.2) is 4.79 Å². The van der Waals surface area contributed by atoms with E-state index in [2.05, 4.69) is 19.0 Å². The average Bonchev–Trinajstić information content (AvgIpc) is 2.71. The van der Waals surface area contributed by atoms with Gasteiger partial charge in [0, 0.05) is 10.1 Å². The maximum atomic E-state index is 11.1. The third-order valence-corrected chi connectivity index (χ3v) is 3.60. The van der Waals surface area contributed by atoms with Gasteiger partial charge in [-0.15, -0.1) is 11.8 Å². The number of carbonyl (C=O) groups is 1. The lowest BCUT2D eigenvalue weighted by atomic mass is 10.0. The fourth-order valence-corrected chi connectivity index (χ4v) is 2.67. The van der Waals surface area contributed by atoms with Gasteiger partial charge in [0.05, 0.1) is 5.56 Å². The Kier molecular flexibility index (Phi) is 3.95. The number of hydrogen-bond donors (Lipinski definition) is 1. The van der Waals surface area contributed by atoms with Crippen LogP contribution in [0.15, 0.2) is 33.7 Å². The number of thioether (sulfide) groups is 1. The zero-order chi connectivity index (χ0) is 14.0. The normalized spacial score (nSPS) is 10.9. The molecule has 0 amide bonds. The molecule has 0 atom stereocenters. The molecule has 0 aliphatic carbocycles. The lowest BCUT2D eigenvalue weighted by Crippen LogP contribution is -1.99. The van der Waals surface area contributed by atoms with Crippen LogP contribution in [0.25, 0.3) is 11.1 Å². The summed E-state index contributed by atoms with van der Waals surface area (Å²) in [7, 11) is 0. The van der Waals surface area contributed by atoms with Gasteiger partial charge < -0.3 is 9.63 Å². The van der Waals surface area contributed by atoms with Crippen LogP contribution in [0.4, 0.5) is 0 Å². The molecule has 2 aromatic rings. The summed E-state index contributed by atoms with van der Waals surface area (Å²) in [5.74, 6) is -0.561. The highest BCUT2D eigenvalue weighted by Crippen LogP contribution is 2.30. The van der Waals surface area contributed by atoms with E-state index < -0.39 is 5.97 Å². The minimum Gasteiger partial charge on any atom is -0.476 e. The minimum atomic E-state index is -1.08. The Balaban J connectivity index is 2.37. The van der Waals surface area contributed by atoms with Crippen LogP contribution >= 0.6 is 11.8 Å². The smallest absolute Gasteiger partial charge is 0.358 e. The van der Waals surface area contributed by atoms with E-state index in [1.807, 2.05) is 24.3 Å². The van der Waals surface area contributed by atoms with E-state index >= 15 is 0 Å². The number of aromatic nitrogens is 1. The van der Waals surface area contributed by atoms with E-state index in [4.69, 9.17) is 9.63 Å². The molecule has 100 valence electrons. The summed E-state index contributed by atoms with van der Waals surface area (Å²) in [5, 5.41) is 13.2. The predicted octanol–water partition coefficient (Wildman–Crippen LogP) is 3.85. The second kappa shape index (κ2) is 5.48. The van der Waals surface area contributed by atoms with Gasteiger partial charge in [-0.05, 0) is 24.6 Å². The van der Waals surface area contributed by atoms with E-state index in [-0.39, 0.29) is 5.69 Å². The maximum Gasteiger partial charge on any atom is 0.358 e. The molecule has 5 heteroatoms. The molecule has 0 radical (unpaired) electrons. The topological polar surface area (TPSA) is 63.3 Å². The summed E-state index contributed by atoms with van der Waals surface area (Å²) in [6.07, 6.45) is 0. The summed E-state index contributed by atoms with van der Waals surface area (Å²) >= 11 is 1.76. The summed E-state index contributed by atoms with van der Waals surface area (Å²) in [5.41, 5.74) is 1.32. The number of aryl methyl sites for hydroxylation is 1. The van der Waals surface area contributed by atoms with Gasteiger partial charge in [0.25, 0.3) is 0 Å². The second-order valence-electron chi connectivity index (χ2n) is 4.46. The predicted molar refractivity (Wildman–Crippen MR) is 74.6 cm³/mol. The first kappa shape index (κ1) is 13.7. The Bertz CT molecular complexity index is 587. The molecule has 0 saturated carbocycles. The fourth-order valence-electron chi connectivity index (χ4n) is 1.83. The molecule has 1 N–H and O–H groups in total. The largest absolute Gasteiger partial charge is 0.476 e. The molecule has 0 saturated heterocycles. The number of carboxylic acid groups (broad SMARTS) is 1. The molecule has 0 unspecified atom stereocenters. The Hall–Kier alpha value is -1.75. The number of nitrogens with zero attached hydrogens (tertiary/aromatic N) is 1. The Morgan fingerprint density at radius 3 is 2.47 bits per heavy atom. The molecule has 4 nitrogen and oxygen atoms in total. The number of rotatable bonds is 4. The van der Waals surface area contributed by atoms with Crippen molar-refractivity contribution in [3.8, 4) is 11.1 Å². The minimum absolute atomic E-state index is 0.0400. The van der Waals surface area contributed by atoms with E-state index in [9.17, 15) is 4.79 Å². The Labute approximate surface area is 115 Å². The van der Waals surface area contributed by atoms with Crippen LogP contribution in [0.5, 0.6) is 0 Å². The van der Waals surface area contributed by atoms with Crippen LogP contribution in [-0.4, -0.2) is 21.5 Å². The van der Waals surface area contributed by atoms with Crippen molar-refractivity contribution in [3.05, 3.63) is 35.7 Å².